The van der Waals surface area contributed by atoms with Gasteiger partial charge in [-0.15, -0.1) is 0 Å². The highest BCUT2D eigenvalue weighted by molar-refractivity contribution is 7.93. The van der Waals surface area contributed by atoms with E-state index in [9.17, 15) is 23.1 Å². The summed E-state index contributed by atoms with van der Waals surface area (Å²) in [6.07, 6.45) is 1.46. The molecule has 3 rings (SSSR count). The van der Waals surface area contributed by atoms with Crippen molar-refractivity contribution in [3.8, 4) is 5.69 Å². The van der Waals surface area contributed by atoms with Crippen molar-refractivity contribution in [1.29, 1.82) is 0 Å². The van der Waals surface area contributed by atoms with Crippen molar-refractivity contribution in [2.24, 2.45) is 5.92 Å². The summed E-state index contributed by atoms with van der Waals surface area (Å²) in [5.41, 5.74) is 0.289. The second kappa shape index (κ2) is 6.41. The zero-order valence-electron chi connectivity index (χ0n) is 14.0. The molecule has 0 spiro atoms. The van der Waals surface area contributed by atoms with Gasteiger partial charge in [-0.05, 0) is 30.5 Å². The van der Waals surface area contributed by atoms with Gasteiger partial charge in [-0.25, -0.2) is 17.9 Å². The quantitative estimate of drug-likeness (QED) is 0.690. The summed E-state index contributed by atoms with van der Waals surface area (Å²) in [6, 6.07) is 2.97. The highest BCUT2D eigenvalue weighted by atomic mass is 32.2. The summed E-state index contributed by atoms with van der Waals surface area (Å²) in [5, 5.41) is 15.6. The first-order chi connectivity index (χ1) is 12.2. The number of nitrogens with one attached hydrogen (secondary N) is 2. The molecule has 1 aromatic carbocycles. The van der Waals surface area contributed by atoms with E-state index in [2.05, 4.69) is 20.1 Å². The number of carbonyl (C=O) groups excluding carboxylic acids is 1. The van der Waals surface area contributed by atoms with Gasteiger partial charge in [-0.2, -0.15) is 14.8 Å². The molecule has 2 aromatic rings. The number of aliphatic carboxylic acids is 1. The van der Waals surface area contributed by atoms with Crippen LogP contribution in [0.15, 0.2) is 29.4 Å². The van der Waals surface area contributed by atoms with E-state index in [4.69, 9.17) is 0 Å². The topological polar surface area (TPSA) is 143 Å². The normalized spacial score (nSPS) is 15.5. The van der Waals surface area contributed by atoms with E-state index in [0.717, 1.165) is 0 Å². The van der Waals surface area contributed by atoms with Gasteiger partial charge in [-0.1, -0.05) is 13.8 Å². The Hall–Kier alpha value is -2.95. The first kappa shape index (κ1) is 17.9. The van der Waals surface area contributed by atoms with Crippen molar-refractivity contribution in [2.75, 3.05) is 4.72 Å². The fraction of sp³-hybridized carbons (Fsp3) is 0.333. The predicted molar refractivity (Wildman–Crippen MR) is 90.5 cm³/mol. The number of carbonyl (C=O) groups is 2. The van der Waals surface area contributed by atoms with Crippen molar-refractivity contribution < 1.29 is 23.1 Å². The Morgan fingerprint density at radius 1 is 1.35 bits per heavy atom. The molecular formula is C15H17N5O5S. The van der Waals surface area contributed by atoms with Gasteiger partial charge >= 0.3 is 5.97 Å². The number of carboxylic acids is 1. The van der Waals surface area contributed by atoms with Crippen LogP contribution in [0.5, 0.6) is 0 Å². The molecule has 0 aliphatic carbocycles. The summed E-state index contributed by atoms with van der Waals surface area (Å²) >= 11 is 0. The van der Waals surface area contributed by atoms with Crippen LogP contribution in [0.1, 0.15) is 30.6 Å². The fourth-order valence-corrected chi connectivity index (χ4v) is 3.84. The molecular weight excluding hydrogens is 362 g/mol. The maximum absolute atomic E-state index is 12.4. The standard InChI is InChI=1S/C15H17N5O5S/c1-8(2)5-10(14(22)23)18-13(21)9-3-4-11-12(6-9)26(24,25)19-15-16-7-17-20(11)15/h3-4,6-8,10H,5H2,1-2H3,(H,18,21)(H,22,23)(H,16,17,19)/t10-/m1/s1. The Bertz CT molecular complexity index is 982. The number of anilines is 1. The third-order valence-electron chi connectivity index (χ3n) is 3.82. The van der Waals surface area contributed by atoms with E-state index in [0.29, 0.717) is 0 Å². The summed E-state index contributed by atoms with van der Waals surface area (Å²) in [6.45, 7) is 3.68. The molecule has 0 unspecified atom stereocenters. The van der Waals surface area contributed by atoms with E-state index in [1.807, 2.05) is 13.8 Å². The number of hydrogen-bond donors (Lipinski definition) is 3. The summed E-state index contributed by atoms with van der Waals surface area (Å²) in [5.74, 6) is -1.69. The van der Waals surface area contributed by atoms with Crippen LogP contribution in [0.2, 0.25) is 0 Å². The second-order valence-corrected chi connectivity index (χ2v) is 7.93. The molecule has 2 heterocycles. The van der Waals surface area contributed by atoms with Crippen LogP contribution in [0, 0.1) is 5.92 Å². The average molecular weight is 379 g/mol. The molecule has 1 aliphatic heterocycles. The third kappa shape index (κ3) is 3.25. The Morgan fingerprint density at radius 3 is 2.73 bits per heavy atom. The van der Waals surface area contributed by atoms with Gasteiger partial charge in [0.2, 0.25) is 5.95 Å². The lowest BCUT2D eigenvalue weighted by atomic mass is 10.0. The molecule has 0 saturated carbocycles. The Kier molecular flexibility index (Phi) is 4.40. The second-order valence-electron chi connectivity index (χ2n) is 6.28. The van der Waals surface area contributed by atoms with Crippen molar-refractivity contribution in [2.45, 2.75) is 31.2 Å². The highest BCUT2D eigenvalue weighted by Gasteiger charge is 2.30. The molecule has 1 atom stereocenters. The van der Waals surface area contributed by atoms with Gasteiger partial charge in [-0.3, -0.25) is 4.79 Å². The molecule has 138 valence electrons. The van der Waals surface area contributed by atoms with E-state index < -0.39 is 27.9 Å². The lowest BCUT2D eigenvalue weighted by molar-refractivity contribution is -0.139. The summed E-state index contributed by atoms with van der Waals surface area (Å²) in [4.78, 5) is 27.4. The molecule has 3 N–H and O–H groups in total. The Labute approximate surface area is 149 Å². The number of amides is 1. The maximum atomic E-state index is 12.4. The predicted octanol–water partition coefficient (Wildman–Crippen LogP) is 0.611. The molecule has 1 aromatic heterocycles. The van der Waals surface area contributed by atoms with Gasteiger partial charge in [0.25, 0.3) is 15.9 Å². The first-order valence-corrected chi connectivity index (χ1v) is 9.28. The molecule has 10 nitrogen and oxygen atoms in total. The van der Waals surface area contributed by atoms with Gasteiger partial charge in [0, 0.05) is 5.56 Å². The zero-order valence-corrected chi connectivity index (χ0v) is 14.8. The summed E-state index contributed by atoms with van der Waals surface area (Å²) in [7, 11) is -3.91. The average Bonchev–Trinajstić information content (AvgIpc) is 3.00. The molecule has 11 heteroatoms. The number of hydrogen-bond acceptors (Lipinski definition) is 6. The van der Waals surface area contributed by atoms with Gasteiger partial charge < -0.3 is 10.4 Å². The maximum Gasteiger partial charge on any atom is 0.326 e. The monoisotopic (exact) mass is 379 g/mol. The minimum atomic E-state index is -3.91. The van der Waals surface area contributed by atoms with Crippen LogP contribution in [-0.2, 0) is 14.8 Å². The molecule has 0 fully saturated rings. The lowest BCUT2D eigenvalue weighted by Crippen LogP contribution is -2.41. The van der Waals surface area contributed by atoms with E-state index in [1.165, 1.54) is 29.2 Å². The number of nitrogens with zero attached hydrogens (tertiary/aromatic N) is 3. The first-order valence-electron chi connectivity index (χ1n) is 7.80. The third-order valence-corrected chi connectivity index (χ3v) is 5.18. The fourth-order valence-electron chi connectivity index (χ4n) is 2.64. The minimum Gasteiger partial charge on any atom is -0.480 e. The van der Waals surface area contributed by atoms with Gasteiger partial charge in [0.15, 0.2) is 0 Å². The number of rotatable bonds is 5. The largest absolute Gasteiger partial charge is 0.480 e. The number of sulfonamides is 1. The Morgan fingerprint density at radius 2 is 2.08 bits per heavy atom. The van der Waals surface area contributed by atoms with Crippen molar-refractivity contribution >= 4 is 27.8 Å². The van der Waals surface area contributed by atoms with Crippen LogP contribution in [-0.4, -0.2) is 46.2 Å². The molecule has 0 bridgehead atoms. The number of aromatic nitrogens is 3. The zero-order chi connectivity index (χ0) is 19.1. The van der Waals surface area contributed by atoms with Crippen molar-refractivity contribution in [3.05, 3.63) is 30.1 Å². The van der Waals surface area contributed by atoms with Crippen LogP contribution in [0.3, 0.4) is 0 Å². The SMILES string of the molecule is CC(C)C[C@@H](NC(=O)c1ccc2c(c1)S(=O)(=O)Nc1ncnn1-2)C(=O)O. The Balaban J connectivity index is 1.94. The number of fused-ring (bicyclic) bond motifs is 3. The van der Waals surface area contributed by atoms with Crippen molar-refractivity contribution in [1.82, 2.24) is 20.1 Å². The molecule has 1 amide bonds. The number of benzene rings is 1. The molecule has 1 aliphatic rings. The van der Waals surface area contributed by atoms with E-state index >= 15 is 0 Å². The lowest BCUT2D eigenvalue weighted by Gasteiger charge is -2.20. The van der Waals surface area contributed by atoms with E-state index in [1.54, 1.807) is 0 Å². The van der Waals surface area contributed by atoms with Crippen LogP contribution in [0.4, 0.5) is 5.95 Å². The van der Waals surface area contributed by atoms with Crippen LogP contribution in [0.25, 0.3) is 5.69 Å². The van der Waals surface area contributed by atoms with Gasteiger partial charge in [0.1, 0.15) is 17.3 Å². The smallest absolute Gasteiger partial charge is 0.326 e. The van der Waals surface area contributed by atoms with Crippen LogP contribution >= 0.6 is 0 Å². The number of carboxylic acid groups (broad SMARTS) is 1. The molecule has 0 radical (unpaired) electrons. The molecule has 0 saturated heterocycles. The van der Waals surface area contributed by atoms with Crippen LogP contribution < -0.4 is 10.0 Å². The van der Waals surface area contributed by atoms with Crippen molar-refractivity contribution in [3.63, 3.8) is 0 Å². The van der Waals surface area contributed by atoms with E-state index in [-0.39, 0.29) is 34.4 Å². The molecule has 26 heavy (non-hydrogen) atoms. The van der Waals surface area contributed by atoms with Gasteiger partial charge in [0.05, 0.1) is 5.69 Å². The highest BCUT2D eigenvalue weighted by Crippen LogP contribution is 2.29. The minimum absolute atomic E-state index is 0.0349. The summed E-state index contributed by atoms with van der Waals surface area (Å²) < 4.78 is 28.3.